The van der Waals surface area contributed by atoms with Crippen LogP contribution in [0.4, 0.5) is 8.78 Å². The molecule has 1 saturated carbocycles. The summed E-state index contributed by atoms with van der Waals surface area (Å²) in [4.78, 5) is 10.9. The van der Waals surface area contributed by atoms with Gasteiger partial charge in [0.25, 0.3) is 0 Å². The van der Waals surface area contributed by atoms with Crippen LogP contribution >= 0.6 is 0 Å². The minimum Gasteiger partial charge on any atom is -0.458 e. The van der Waals surface area contributed by atoms with Crippen molar-refractivity contribution in [3.63, 3.8) is 0 Å². The van der Waals surface area contributed by atoms with Gasteiger partial charge in [-0.2, -0.15) is 8.78 Å². The van der Waals surface area contributed by atoms with Gasteiger partial charge in [0, 0.05) is 8.80 Å². The Morgan fingerprint density at radius 3 is 2.29 bits per heavy atom. The van der Waals surface area contributed by atoms with E-state index in [9.17, 15) is 13.6 Å². The van der Waals surface area contributed by atoms with Crippen molar-refractivity contribution in [2.24, 2.45) is 5.92 Å². The number of ether oxygens (including phenoxy) is 1. The van der Waals surface area contributed by atoms with Crippen molar-refractivity contribution in [1.82, 2.24) is 0 Å². The van der Waals surface area contributed by atoms with Crippen molar-refractivity contribution in [1.29, 1.82) is 0 Å². The van der Waals surface area contributed by atoms with Crippen LogP contribution in [0.3, 0.4) is 0 Å². The van der Waals surface area contributed by atoms with E-state index in [4.69, 9.17) is 4.74 Å². The molecule has 122 valence electrons. The van der Waals surface area contributed by atoms with Gasteiger partial charge in [0.05, 0.1) is 0 Å². The highest BCUT2D eigenvalue weighted by Crippen LogP contribution is 2.40. The van der Waals surface area contributed by atoms with Crippen LogP contribution in [0, 0.1) is 5.92 Å². The largest absolute Gasteiger partial charge is 0.458 e. The van der Waals surface area contributed by atoms with Gasteiger partial charge in [0.2, 0.25) is 0 Å². The maximum Gasteiger partial charge on any atom is 0.374 e. The minimum atomic E-state index is -2.98. The fourth-order valence-corrected chi connectivity index (χ4v) is 8.61. The van der Waals surface area contributed by atoms with Crippen molar-refractivity contribution in [3.8, 4) is 0 Å². The quantitative estimate of drug-likeness (QED) is 0.549. The fraction of sp³-hybridized carbons (Fsp3) is 0.938. The lowest BCUT2D eigenvalue weighted by molar-refractivity contribution is -0.163. The number of halogens is 2. The summed E-state index contributed by atoms with van der Waals surface area (Å²) < 4.78 is 29.2. The molecule has 1 heterocycles. The third kappa shape index (κ3) is 5.04. The van der Waals surface area contributed by atoms with Gasteiger partial charge in [-0.3, -0.25) is 0 Å². The predicted molar refractivity (Wildman–Crippen MR) is 82.5 cm³/mol. The first-order valence-electron chi connectivity index (χ1n) is 8.58. The summed E-state index contributed by atoms with van der Waals surface area (Å²) in [5.74, 6) is -0.377. The molecule has 0 atom stereocenters. The van der Waals surface area contributed by atoms with Crippen LogP contribution < -0.4 is 0 Å². The molecule has 1 aliphatic heterocycles. The Morgan fingerprint density at radius 1 is 1.14 bits per heavy atom. The standard InChI is InChI=1S/C16H28F2O2Si/c1-2-3-12-8-10-21(11-9-12)14-6-4-13(5-7-14)20-16(19)15(17)18/h12-15,21H,2-11H2,1H3. The summed E-state index contributed by atoms with van der Waals surface area (Å²) in [5.41, 5.74) is 0.856. The van der Waals surface area contributed by atoms with Crippen LogP contribution in [-0.2, 0) is 9.53 Å². The van der Waals surface area contributed by atoms with Gasteiger partial charge in [-0.05, 0) is 37.1 Å². The topological polar surface area (TPSA) is 26.3 Å². The molecule has 5 heteroatoms. The highest BCUT2D eigenvalue weighted by Gasteiger charge is 2.33. The molecule has 1 saturated heterocycles. The van der Waals surface area contributed by atoms with E-state index in [1.807, 2.05) is 0 Å². The number of rotatable bonds is 5. The third-order valence-electron chi connectivity index (χ3n) is 5.43. The first-order valence-corrected chi connectivity index (χ1v) is 10.9. The first kappa shape index (κ1) is 16.9. The lowest BCUT2D eigenvalue weighted by atomic mass is 9.96. The highest BCUT2D eigenvalue weighted by molar-refractivity contribution is 6.60. The molecule has 0 bridgehead atoms. The average Bonchev–Trinajstić information content (AvgIpc) is 2.49. The maximum absolute atomic E-state index is 12.2. The average molecular weight is 318 g/mol. The zero-order valence-electron chi connectivity index (χ0n) is 13.0. The minimum absolute atomic E-state index is 0.256. The number of hydrogen-bond donors (Lipinski definition) is 0. The summed E-state index contributed by atoms with van der Waals surface area (Å²) in [6.07, 6.45) is 6.08. The molecule has 2 rings (SSSR count). The Balaban J connectivity index is 1.68. The van der Waals surface area contributed by atoms with Gasteiger partial charge in [0.1, 0.15) is 6.10 Å². The lowest BCUT2D eigenvalue weighted by Crippen LogP contribution is -2.32. The zero-order chi connectivity index (χ0) is 15.2. The van der Waals surface area contributed by atoms with Gasteiger partial charge in [-0.15, -0.1) is 0 Å². The predicted octanol–water partition coefficient (Wildman–Crippen LogP) is 4.54. The van der Waals surface area contributed by atoms with Gasteiger partial charge in [-0.1, -0.05) is 44.7 Å². The summed E-state index contributed by atoms with van der Waals surface area (Å²) in [6.45, 7) is 2.27. The van der Waals surface area contributed by atoms with Crippen LogP contribution in [0.5, 0.6) is 0 Å². The smallest absolute Gasteiger partial charge is 0.374 e. The molecule has 0 unspecified atom stereocenters. The summed E-state index contributed by atoms with van der Waals surface area (Å²) in [5, 5.41) is 0. The molecule has 0 aromatic rings. The number of alkyl halides is 2. The van der Waals surface area contributed by atoms with Crippen LogP contribution in [0.25, 0.3) is 0 Å². The fourth-order valence-electron chi connectivity index (χ4n) is 4.25. The monoisotopic (exact) mass is 318 g/mol. The second kappa shape index (κ2) is 8.25. The van der Waals surface area contributed by atoms with Gasteiger partial charge in [0.15, 0.2) is 0 Å². The molecule has 0 aromatic heterocycles. The Morgan fingerprint density at radius 2 is 1.76 bits per heavy atom. The maximum atomic E-state index is 12.2. The van der Waals surface area contributed by atoms with Crippen LogP contribution in [0.1, 0.15) is 58.3 Å². The van der Waals surface area contributed by atoms with E-state index in [0.717, 1.165) is 37.1 Å². The second-order valence-corrected chi connectivity index (χ2v) is 10.5. The van der Waals surface area contributed by atoms with Gasteiger partial charge >= 0.3 is 12.4 Å². The number of carbonyl (C=O) groups excluding carboxylic acids is 1. The molecule has 2 nitrogen and oxygen atoms in total. The van der Waals surface area contributed by atoms with Crippen molar-refractivity contribution in [2.75, 3.05) is 0 Å². The van der Waals surface area contributed by atoms with Crippen LogP contribution in [0.15, 0.2) is 0 Å². The zero-order valence-corrected chi connectivity index (χ0v) is 14.2. The molecule has 21 heavy (non-hydrogen) atoms. The number of carbonyl (C=O) groups is 1. The normalized spacial score (nSPS) is 33.9. The molecule has 0 N–H and O–H groups in total. The molecular formula is C16H28F2O2Si. The molecule has 2 fully saturated rings. The molecule has 0 aromatic carbocycles. The van der Waals surface area contributed by atoms with E-state index < -0.39 is 21.2 Å². The van der Waals surface area contributed by atoms with E-state index in [0.29, 0.717) is 0 Å². The van der Waals surface area contributed by atoms with E-state index in [1.54, 1.807) is 0 Å². The first-order chi connectivity index (χ1) is 10.1. The van der Waals surface area contributed by atoms with E-state index in [1.165, 1.54) is 37.8 Å². The van der Waals surface area contributed by atoms with Crippen LogP contribution in [0.2, 0.25) is 17.6 Å². The van der Waals surface area contributed by atoms with E-state index >= 15 is 0 Å². The molecule has 0 spiro atoms. The van der Waals surface area contributed by atoms with Gasteiger partial charge in [-0.25, -0.2) is 4.79 Å². The van der Waals surface area contributed by atoms with Gasteiger partial charge < -0.3 is 4.74 Å². The Labute approximate surface area is 128 Å². The van der Waals surface area contributed by atoms with Crippen molar-refractivity contribution < 1.29 is 18.3 Å². The van der Waals surface area contributed by atoms with E-state index in [2.05, 4.69) is 6.92 Å². The molecular weight excluding hydrogens is 290 g/mol. The second-order valence-electron chi connectivity index (χ2n) is 6.84. The Hall–Kier alpha value is -0.453. The van der Waals surface area contributed by atoms with Crippen molar-refractivity contribution >= 4 is 14.8 Å². The van der Waals surface area contributed by atoms with E-state index in [-0.39, 0.29) is 6.10 Å². The summed E-state index contributed by atoms with van der Waals surface area (Å²) in [6, 6.07) is 2.94. The SMILES string of the molecule is CCCC1CC[SiH](C2CCC(OC(=O)C(F)F)CC2)CC1. The molecule has 1 aliphatic carbocycles. The molecule has 0 radical (unpaired) electrons. The number of esters is 1. The Bertz CT molecular complexity index is 322. The van der Waals surface area contributed by atoms with Crippen molar-refractivity contribution in [2.45, 2.75) is 88.4 Å². The summed E-state index contributed by atoms with van der Waals surface area (Å²) in [7, 11) is -0.642. The van der Waals surface area contributed by atoms with Crippen molar-refractivity contribution in [3.05, 3.63) is 0 Å². The van der Waals surface area contributed by atoms with Crippen LogP contribution in [-0.4, -0.2) is 27.3 Å². The summed E-state index contributed by atoms with van der Waals surface area (Å²) >= 11 is 0. The molecule has 2 aliphatic rings. The highest BCUT2D eigenvalue weighted by atomic mass is 28.3. The number of hydrogen-bond acceptors (Lipinski definition) is 2. The third-order valence-corrected chi connectivity index (χ3v) is 9.58. The molecule has 0 amide bonds. The Kier molecular flexibility index (Phi) is 6.64. The lowest BCUT2D eigenvalue weighted by Gasteiger charge is -2.36.